The van der Waals surface area contributed by atoms with Crippen LogP contribution in [0.15, 0.2) is 54.2 Å². The number of hydrogen-bond acceptors (Lipinski definition) is 5. The Balaban J connectivity index is 1.61. The maximum absolute atomic E-state index is 13.4. The summed E-state index contributed by atoms with van der Waals surface area (Å²) < 4.78 is 18.8. The molecule has 4 rings (SSSR count). The summed E-state index contributed by atoms with van der Waals surface area (Å²) in [4.78, 5) is 29.8. The second kappa shape index (κ2) is 8.77. The largest absolute Gasteiger partial charge is 0.379 e. The van der Waals surface area contributed by atoms with E-state index in [1.807, 2.05) is 31.2 Å². The van der Waals surface area contributed by atoms with E-state index in [0.29, 0.717) is 37.6 Å². The van der Waals surface area contributed by atoms with E-state index in [-0.39, 0.29) is 23.1 Å². The number of carbonyl (C=O) groups excluding carboxylic acids is 2. The van der Waals surface area contributed by atoms with E-state index in [4.69, 9.17) is 4.74 Å². The smallest absolute Gasteiger partial charge is 0.278 e. The van der Waals surface area contributed by atoms with Gasteiger partial charge in [0.15, 0.2) is 0 Å². The monoisotopic (exact) mass is 409 g/mol. The average molecular weight is 409 g/mol. The normalized spacial score (nSPS) is 17.7. The molecule has 7 heteroatoms. The molecule has 2 aromatic rings. The summed E-state index contributed by atoms with van der Waals surface area (Å²) >= 11 is 0. The maximum atomic E-state index is 13.4. The highest BCUT2D eigenvalue weighted by atomic mass is 19.1. The molecule has 0 bridgehead atoms. The van der Waals surface area contributed by atoms with Gasteiger partial charge < -0.3 is 10.1 Å². The molecular weight excluding hydrogens is 385 g/mol. The molecule has 0 saturated carbocycles. The van der Waals surface area contributed by atoms with Crippen LogP contribution >= 0.6 is 0 Å². The highest BCUT2D eigenvalue weighted by molar-refractivity contribution is 6.36. The van der Waals surface area contributed by atoms with Gasteiger partial charge in [0.2, 0.25) is 0 Å². The van der Waals surface area contributed by atoms with Crippen LogP contribution in [-0.2, 0) is 14.3 Å². The lowest BCUT2D eigenvalue weighted by molar-refractivity contribution is -0.137. The molecule has 2 aliphatic rings. The quantitative estimate of drug-likeness (QED) is 0.744. The lowest BCUT2D eigenvalue weighted by Crippen LogP contribution is -2.43. The zero-order valence-electron chi connectivity index (χ0n) is 16.9. The molecule has 2 aliphatic heterocycles. The molecule has 2 heterocycles. The van der Waals surface area contributed by atoms with Gasteiger partial charge in [-0.05, 0) is 36.8 Å². The SMILES string of the molecule is Cc1ccc(NC2=C(c3ccc(F)cc3)C(=O)N(CCN3CCOCC3)C2=O)cc1. The Morgan fingerprint density at radius 1 is 0.933 bits per heavy atom. The number of hydrogen-bond donors (Lipinski definition) is 1. The minimum atomic E-state index is -0.395. The topological polar surface area (TPSA) is 61.9 Å². The van der Waals surface area contributed by atoms with E-state index in [1.165, 1.54) is 29.2 Å². The van der Waals surface area contributed by atoms with Crippen molar-refractivity contribution in [2.45, 2.75) is 6.92 Å². The van der Waals surface area contributed by atoms with Crippen LogP contribution in [-0.4, -0.2) is 61.0 Å². The Bertz CT molecular complexity index is 964. The van der Waals surface area contributed by atoms with Gasteiger partial charge in [-0.25, -0.2) is 4.39 Å². The van der Waals surface area contributed by atoms with Crippen molar-refractivity contribution >= 4 is 23.1 Å². The van der Waals surface area contributed by atoms with E-state index in [9.17, 15) is 14.0 Å². The van der Waals surface area contributed by atoms with Crippen molar-refractivity contribution in [3.05, 3.63) is 71.2 Å². The molecule has 6 nitrogen and oxygen atoms in total. The third-order valence-corrected chi connectivity index (χ3v) is 5.37. The number of halogens is 1. The maximum Gasteiger partial charge on any atom is 0.278 e. The highest BCUT2D eigenvalue weighted by Gasteiger charge is 2.39. The van der Waals surface area contributed by atoms with Crippen LogP contribution in [0, 0.1) is 12.7 Å². The number of morpholine rings is 1. The average Bonchev–Trinajstić information content (AvgIpc) is 2.99. The number of carbonyl (C=O) groups is 2. The number of benzene rings is 2. The van der Waals surface area contributed by atoms with Gasteiger partial charge in [-0.2, -0.15) is 0 Å². The van der Waals surface area contributed by atoms with E-state index in [0.717, 1.165) is 18.7 Å². The van der Waals surface area contributed by atoms with Crippen LogP contribution in [0.1, 0.15) is 11.1 Å². The first-order valence-corrected chi connectivity index (χ1v) is 10.0. The van der Waals surface area contributed by atoms with Gasteiger partial charge in [-0.15, -0.1) is 0 Å². The van der Waals surface area contributed by atoms with E-state index >= 15 is 0 Å². The molecule has 0 radical (unpaired) electrons. The molecule has 1 saturated heterocycles. The highest BCUT2D eigenvalue weighted by Crippen LogP contribution is 2.30. The summed E-state index contributed by atoms with van der Waals surface area (Å²) in [7, 11) is 0. The van der Waals surface area contributed by atoms with Gasteiger partial charge in [-0.1, -0.05) is 29.8 Å². The lowest BCUT2D eigenvalue weighted by Gasteiger charge is -2.28. The zero-order chi connectivity index (χ0) is 21.1. The number of aryl methyl sites for hydroxylation is 1. The van der Waals surface area contributed by atoms with Gasteiger partial charge >= 0.3 is 0 Å². The summed E-state index contributed by atoms with van der Waals surface area (Å²) in [6, 6.07) is 13.2. The molecular formula is C23H24FN3O3. The second-order valence-electron chi connectivity index (χ2n) is 7.46. The predicted octanol–water partition coefficient (Wildman–Crippen LogP) is 2.66. The van der Waals surface area contributed by atoms with Crippen LogP contribution in [0.3, 0.4) is 0 Å². The van der Waals surface area contributed by atoms with E-state index in [2.05, 4.69) is 10.2 Å². The van der Waals surface area contributed by atoms with Gasteiger partial charge in [0.05, 0.1) is 18.8 Å². The van der Waals surface area contributed by atoms with Crippen molar-refractivity contribution in [1.82, 2.24) is 9.80 Å². The number of ether oxygens (including phenoxy) is 1. The third-order valence-electron chi connectivity index (χ3n) is 5.37. The van der Waals surface area contributed by atoms with Crippen LogP contribution in [0.25, 0.3) is 5.57 Å². The van der Waals surface area contributed by atoms with Gasteiger partial charge in [0.1, 0.15) is 11.5 Å². The fourth-order valence-electron chi connectivity index (χ4n) is 3.63. The standard InChI is InChI=1S/C23H24FN3O3/c1-16-2-8-19(9-3-16)25-21-20(17-4-6-18(24)7-5-17)22(28)27(23(21)29)11-10-26-12-14-30-15-13-26/h2-9,25H,10-15H2,1H3. The number of rotatable bonds is 6. The third kappa shape index (κ3) is 4.27. The fourth-order valence-corrected chi connectivity index (χ4v) is 3.63. The summed E-state index contributed by atoms with van der Waals surface area (Å²) in [5, 5.41) is 3.12. The van der Waals surface area contributed by atoms with Gasteiger partial charge in [0.25, 0.3) is 11.8 Å². The Kier molecular flexibility index (Phi) is 5.92. The van der Waals surface area contributed by atoms with E-state index in [1.54, 1.807) is 0 Å². The molecule has 2 amide bonds. The van der Waals surface area contributed by atoms with Crippen molar-refractivity contribution in [1.29, 1.82) is 0 Å². The van der Waals surface area contributed by atoms with Crippen LogP contribution < -0.4 is 5.32 Å². The number of anilines is 1. The van der Waals surface area contributed by atoms with E-state index < -0.39 is 5.82 Å². The molecule has 0 aliphatic carbocycles. The minimum absolute atomic E-state index is 0.220. The number of imide groups is 1. The van der Waals surface area contributed by atoms with Gasteiger partial charge in [-0.3, -0.25) is 19.4 Å². The molecule has 156 valence electrons. The molecule has 0 aromatic heterocycles. The van der Waals surface area contributed by atoms with Crippen molar-refractivity contribution in [3.63, 3.8) is 0 Å². The van der Waals surface area contributed by atoms with Crippen molar-refractivity contribution in [3.8, 4) is 0 Å². The summed E-state index contributed by atoms with van der Waals surface area (Å²) in [6.07, 6.45) is 0. The Morgan fingerprint density at radius 2 is 1.60 bits per heavy atom. The first-order chi connectivity index (χ1) is 14.5. The molecule has 0 atom stereocenters. The van der Waals surface area contributed by atoms with Crippen LogP contribution in [0.2, 0.25) is 0 Å². The van der Waals surface area contributed by atoms with Crippen molar-refractivity contribution in [2.75, 3.05) is 44.7 Å². The Labute approximate surface area is 174 Å². The summed E-state index contributed by atoms with van der Waals surface area (Å²) in [5.41, 5.74) is 2.80. The molecule has 0 unspecified atom stereocenters. The van der Waals surface area contributed by atoms with Crippen LogP contribution in [0.4, 0.5) is 10.1 Å². The number of amides is 2. The number of nitrogens with zero attached hydrogens (tertiary/aromatic N) is 2. The zero-order valence-corrected chi connectivity index (χ0v) is 16.9. The predicted molar refractivity (Wildman–Crippen MR) is 112 cm³/mol. The van der Waals surface area contributed by atoms with Gasteiger partial charge in [0, 0.05) is 31.9 Å². The second-order valence-corrected chi connectivity index (χ2v) is 7.46. The first-order valence-electron chi connectivity index (χ1n) is 10.0. The molecule has 0 spiro atoms. The summed E-state index contributed by atoms with van der Waals surface area (Å²) in [5.74, 6) is -1.13. The van der Waals surface area contributed by atoms with Crippen LogP contribution in [0.5, 0.6) is 0 Å². The minimum Gasteiger partial charge on any atom is -0.379 e. The lowest BCUT2D eigenvalue weighted by atomic mass is 10.0. The van der Waals surface area contributed by atoms with Crippen molar-refractivity contribution < 1.29 is 18.7 Å². The molecule has 1 fully saturated rings. The Hall–Kier alpha value is -3.03. The molecule has 2 aromatic carbocycles. The van der Waals surface area contributed by atoms with Crippen molar-refractivity contribution in [2.24, 2.45) is 0 Å². The molecule has 1 N–H and O–H groups in total. The first kappa shape index (κ1) is 20.3. The molecule has 30 heavy (non-hydrogen) atoms. The summed E-state index contributed by atoms with van der Waals surface area (Å²) in [6.45, 7) is 5.73. The Morgan fingerprint density at radius 3 is 2.27 bits per heavy atom. The fraction of sp³-hybridized carbons (Fsp3) is 0.304. The number of nitrogens with one attached hydrogen (secondary N) is 1.